The summed E-state index contributed by atoms with van der Waals surface area (Å²) in [4.78, 5) is 6.84. The van der Waals surface area contributed by atoms with E-state index in [-0.39, 0.29) is 0 Å². The maximum absolute atomic E-state index is 5.33. The number of anilines is 3. The van der Waals surface area contributed by atoms with Crippen LogP contribution in [0.15, 0.2) is 30.5 Å². The molecule has 0 amide bonds. The summed E-state index contributed by atoms with van der Waals surface area (Å²) in [6, 6.07) is 7.69. The van der Waals surface area contributed by atoms with E-state index in [1.165, 1.54) is 12.8 Å². The van der Waals surface area contributed by atoms with Gasteiger partial charge in [-0.15, -0.1) is 5.10 Å². The summed E-state index contributed by atoms with van der Waals surface area (Å²) < 4.78 is 5.33. The highest BCUT2D eigenvalue weighted by Crippen LogP contribution is 2.26. The van der Waals surface area contributed by atoms with E-state index in [2.05, 4.69) is 32.3 Å². The Labute approximate surface area is 130 Å². The smallest absolute Gasteiger partial charge is 0.249 e. The van der Waals surface area contributed by atoms with E-state index < -0.39 is 0 Å². The standard InChI is InChI=1S/C16H21N5O/c1-12-7-9-21(10-8-12)15-11-17-20-16(19-15)18-13-5-3-4-6-14(13)22-2/h3-6,11-12H,7-10H2,1-2H3,(H,18,19,20). The van der Waals surface area contributed by atoms with Gasteiger partial charge in [-0.1, -0.05) is 19.1 Å². The molecule has 2 heterocycles. The van der Waals surface area contributed by atoms with Crippen LogP contribution in [0.25, 0.3) is 0 Å². The second kappa shape index (κ2) is 6.60. The monoisotopic (exact) mass is 299 g/mol. The molecule has 0 aliphatic carbocycles. The van der Waals surface area contributed by atoms with Crippen molar-refractivity contribution in [2.75, 3.05) is 30.4 Å². The van der Waals surface area contributed by atoms with E-state index in [1.54, 1.807) is 13.3 Å². The van der Waals surface area contributed by atoms with Crippen LogP contribution in [0.1, 0.15) is 19.8 Å². The first-order valence-corrected chi connectivity index (χ1v) is 7.61. The minimum absolute atomic E-state index is 0.487. The van der Waals surface area contributed by atoms with Crippen LogP contribution in [-0.4, -0.2) is 35.4 Å². The molecule has 0 radical (unpaired) electrons. The molecular formula is C16H21N5O. The Morgan fingerprint density at radius 1 is 1.23 bits per heavy atom. The van der Waals surface area contributed by atoms with Crippen LogP contribution in [-0.2, 0) is 0 Å². The van der Waals surface area contributed by atoms with Gasteiger partial charge in [0.2, 0.25) is 5.95 Å². The van der Waals surface area contributed by atoms with Gasteiger partial charge in [0.05, 0.1) is 19.0 Å². The van der Waals surface area contributed by atoms with Crippen LogP contribution < -0.4 is 15.0 Å². The van der Waals surface area contributed by atoms with Gasteiger partial charge in [0, 0.05) is 13.1 Å². The lowest BCUT2D eigenvalue weighted by Gasteiger charge is -2.30. The molecule has 0 spiro atoms. The first-order chi connectivity index (χ1) is 10.8. The van der Waals surface area contributed by atoms with E-state index in [1.807, 2.05) is 24.3 Å². The van der Waals surface area contributed by atoms with Crippen molar-refractivity contribution < 1.29 is 4.74 Å². The number of benzene rings is 1. The van der Waals surface area contributed by atoms with Crippen molar-refractivity contribution in [1.29, 1.82) is 0 Å². The molecule has 1 aromatic carbocycles. The number of hydrogen-bond donors (Lipinski definition) is 1. The van der Waals surface area contributed by atoms with Crippen molar-refractivity contribution in [2.24, 2.45) is 5.92 Å². The number of nitrogens with zero attached hydrogens (tertiary/aromatic N) is 4. The van der Waals surface area contributed by atoms with Crippen LogP contribution in [0.4, 0.5) is 17.5 Å². The molecule has 2 aromatic rings. The van der Waals surface area contributed by atoms with E-state index in [0.29, 0.717) is 5.95 Å². The van der Waals surface area contributed by atoms with Gasteiger partial charge in [0.1, 0.15) is 5.75 Å². The highest BCUT2D eigenvalue weighted by atomic mass is 16.5. The summed E-state index contributed by atoms with van der Waals surface area (Å²) in [5.74, 6) is 2.90. The lowest BCUT2D eigenvalue weighted by Crippen LogP contribution is -2.33. The number of rotatable bonds is 4. The Hall–Kier alpha value is -2.37. The molecule has 1 aliphatic heterocycles. The summed E-state index contributed by atoms with van der Waals surface area (Å²) in [5.41, 5.74) is 0.830. The molecule has 1 aliphatic rings. The molecule has 0 bridgehead atoms. The Bertz CT molecular complexity index is 625. The molecule has 0 saturated carbocycles. The highest BCUT2D eigenvalue weighted by Gasteiger charge is 2.18. The summed E-state index contributed by atoms with van der Waals surface area (Å²) in [6.45, 7) is 4.34. The number of nitrogens with one attached hydrogen (secondary N) is 1. The molecule has 6 heteroatoms. The van der Waals surface area contributed by atoms with Crippen LogP contribution in [0, 0.1) is 5.92 Å². The Balaban J connectivity index is 1.76. The molecule has 6 nitrogen and oxygen atoms in total. The van der Waals surface area contributed by atoms with Gasteiger partial charge >= 0.3 is 0 Å². The predicted octanol–water partition coefficient (Wildman–Crippen LogP) is 2.86. The van der Waals surface area contributed by atoms with Gasteiger partial charge in [-0.25, -0.2) is 0 Å². The van der Waals surface area contributed by atoms with Gasteiger partial charge in [-0.2, -0.15) is 10.1 Å². The van der Waals surface area contributed by atoms with Gasteiger partial charge in [-0.05, 0) is 30.9 Å². The lowest BCUT2D eigenvalue weighted by molar-refractivity contribution is 0.416. The molecule has 22 heavy (non-hydrogen) atoms. The molecule has 1 fully saturated rings. The molecule has 0 unspecified atom stereocenters. The SMILES string of the molecule is COc1ccccc1Nc1nncc(N2CCC(C)CC2)n1. The summed E-state index contributed by atoms with van der Waals surface area (Å²) in [6.07, 6.45) is 4.11. The normalized spacial score (nSPS) is 15.6. The first kappa shape index (κ1) is 14.6. The van der Waals surface area contributed by atoms with Crippen molar-refractivity contribution in [1.82, 2.24) is 15.2 Å². The van der Waals surface area contributed by atoms with Gasteiger partial charge in [-0.3, -0.25) is 0 Å². The zero-order chi connectivity index (χ0) is 15.4. The predicted molar refractivity (Wildman–Crippen MR) is 86.7 cm³/mol. The van der Waals surface area contributed by atoms with Crippen LogP contribution in [0.2, 0.25) is 0 Å². The topological polar surface area (TPSA) is 63.2 Å². The van der Waals surface area contributed by atoms with E-state index >= 15 is 0 Å². The lowest BCUT2D eigenvalue weighted by atomic mass is 9.99. The zero-order valence-electron chi connectivity index (χ0n) is 13.0. The minimum atomic E-state index is 0.487. The molecular weight excluding hydrogens is 278 g/mol. The Morgan fingerprint density at radius 2 is 2.00 bits per heavy atom. The quantitative estimate of drug-likeness (QED) is 0.936. The van der Waals surface area contributed by atoms with Crippen molar-refractivity contribution in [2.45, 2.75) is 19.8 Å². The maximum atomic E-state index is 5.33. The van der Waals surface area contributed by atoms with E-state index in [0.717, 1.165) is 36.3 Å². The van der Waals surface area contributed by atoms with Crippen molar-refractivity contribution in [3.05, 3.63) is 30.5 Å². The van der Waals surface area contributed by atoms with Gasteiger partial charge in [0.15, 0.2) is 5.82 Å². The Morgan fingerprint density at radius 3 is 2.77 bits per heavy atom. The maximum Gasteiger partial charge on any atom is 0.249 e. The molecule has 116 valence electrons. The number of para-hydroxylation sites is 2. The third-order valence-corrected chi connectivity index (χ3v) is 4.01. The highest BCUT2D eigenvalue weighted by molar-refractivity contribution is 5.62. The Kier molecular flexibility index (Phi) is 4.37. The number of aromatic nitrogens is 3. The van der Waals surface area contributed by atoms with Crippen LogP contribution in [0.5, 0.6) is 5.75 Å². The second-order valence-electron chi connectivity index (χ2n) is 5.63. The van der Waals surface area contributed by atoms with Crippen molar-refractivity contribution >= 4 is 17.5 Å². The molecule has 1 saturated heterocycles. The minimum Gasteiger partial charge on any atom is -0.495 e. The fourth-order valence-corrected chi connectivity index (χ4v) is 2.61. The number of methoxy groups -OCH3 is 1. The zero-order valence-corrected chi connectivity index (χ0v) is 13.0. The summed E-state index contributed by atoms with van der Waals surface area (Å²) in [5, 5.41) is 11.3. The average molecular weight is 299 g/mol. The summed E-state index contributed by atoms with van der Waals surface area (Å²) >= 11 is 0. The van der Waals surface area contributed by atoms with Crippen molar-refractivity contribution in [3.63, 3.8) is 0 Å². The number of piperidine rings is 1. The average Bonchev–Trinajstić information content (AvgIpc) is 2.56. The first-order valence-electron chi connectivity index (χ1n) is 7.61. The van der Waals surface area contributed by atoms with Crippen molar-refractivity contribution in [3.8, 4) is 5.75 Å². The third-order valence-electron chi connectivity index (χ3n) is 4.01. The largest absolute Gasteiger partial charge is 0.495 e. The second-order valence-corrected chi connectivity index (χ2v) is 5.63. The van der Waals surface area contributed by atoms with Gasteiger partial charge < -0.3 is 15.0 Å². The number of hydrogen-bond acceptors (Lipinski definition) is 6. The van der Waals surface area contributed by atoms with E-state index in [4.69, 9.17) is 4.74 Å². The van der Waals surface area contributed by atoms with E-state index in [9.17, 15) is 0 Å². The summed E-state index contributed by atoms with van der Waals surface area (Å²) in [7, 11) is 1.64. The number of ether oxygens (including phenoxy) is 1. The molecule has 1 aromatic heterocycles. The molecule has 1 N–H and O–H groups in total. The van der Waals surface area contributed by atoms with Crippen LogP contribution in [0.3, 0.4) is 0 Å². The van der Waals surface area contributed by atoms with Crippen LogP contribution >= 0.6 is 0 Å². The third kappa shape index (κ3) is 3.27. The fourth-order valence-electron chi connectivity index (χ4n) is 2.61. The van der Waals surface area contributed by atoms with Gasteiger partial charge in [0.25, 0.3) is 0 Å². The molecule has 3 rings (SSSR count). The fraction of sp³-hybridized carbons (Fsp3) is 0.438. The molecule has 0 atom stereocenters.